The van der Waals surface area contributed by atoms with Crippen molar-refractivity contribution in [1.29, 1.82) is 0 Å². The lowest BCUT2D eigenvalue weighted by atomic mass is 10.0. The number of benzene rings is 2. The summed E-state index contributed by atoms with van der Waals surface area (Å²) in [5, 5.41) is 11.9. The van der Waals surface area contributed by atoms with Gasteiger partial charge in [0, 0.05) is 30.9 Å². The van der Waals surface area contributed by atoms with Crippen molar-refractivity contribution in [2.75, 3.05) is 6.54 Å². The predicted octanol–water partition coefficient (Wildman–Crippen LogP) is 3.62. The average Bonchev–Trinajstić information content (AvgIpc) is 2.80. The van der Waals surface area contributed by atoms with E-state index in [1.165, 1.54) is 5.01 Å². The minimum atomic E-state index is -1.05. The van der Waals surface area contributed by atoms with Crippen LogP contribution in [-0.2, 0) is 13.0 Å². The number of hydrogen-bond acceptors (Lipinski definition) is 5. The molecule has 0 unspecified atom stereocenters. The number of aliphatic hydroxyl groups excluding tert-OH is 1. The smallest absolute Gasteiger partial charge is 0.0835 e. The molecule has 0 aliphatic rings. The van der Waals surface area contributed by atoms with Gasteiger partial charge in [0.2, 0.25) is 0 Å². The Morgan fingerprint density at radius 1 is 0.967 bits per heavy atom. The molecule has 0 spiro atoms. The fourth-order valence-corrected chi connectivity index (χ4v) is 2.74. The zero-order valence-corrected chi connectivity index (χ0v) is 18.6. The molecule has 0 saturated carbocycles. The van der Waals surface area contributed by atoms with E-state index in [9.17, 15) is 5.11 Å². The van der Waals surface area contributed by atoms with Gasteiger partial charge in [0.05, 0.1) is 18.7 Å². The van der Waals surface area contributed by atoms with E-state index in [1.807, 2.05) is 42.5 Å². The molecular weight excluding hydrogens is 443 g/mol. The number of nitrogens with zero attached hydrogens (tertiary/aromatic N) is 2. The first-order chi connectivity index (χ1) is 15.2. The molecule has 0 aliphatic heterocycles. The van der Waals surface area contributed by atoms with Crippen LogP contribution >= 0.6 is 37.2 Å². The second-order valence-corrected chi connectivity index (χ2v) is 6.38. The van der Waals surface area contributed by atoms with E-state index in [0.717, 1.165) is 16.8 Å². The van der Waals surface area contributed by atoms with Crippen molar-refractivity contribution in [3.05, 3.63) is 90.0 Å². The largest absolute Gasteiger partial charge is 0.390 e. The van der Waals surface area contributed by atoms with Gasteiger partial charge in [-0.05, 0) is 29.7 Å². The molecule has 3 aromatic rings. The van der Waals surface area contributed by atoms with Crippen molar-refractivity contribution in [3.8, 4) is 11.3 Å². The van der Waals surface area contributed by atoms with E-state index in [-0.39, 0.29) is 67.8 Å². The van der Waals surface area contributed by atoms with Gasteiger partial charge in [0.1, 0.15) is 0 Å². The quantitative estimate of drug-likeness (QED) is 0.341. The van der Waals surface area contributed by atoms with Gasteiger partial charge in [-0.15, -0.1) is 37.2 Å². The lowest BCUT2D eigenvalue weighted by molar-refractivity contribution is 0.0877. The van der Waals surface area contributed by atoms with Crippen LogP contribution in [-0.4, -0.2) is 33.8 Å². The van der Waals surface area contributed by atoms with Crippen molar-refractivity contribution in [1.82, 2.24) is 9.99 Å². The zero-order chi connectivity index (χ0) is 23.4. The second kappa shape index (κ2) is 14.3. The lowest BCUT2D eigenvalue weighted by Crippen LogP contribution is -2.46. The van der Waals surface area contributed by atoms with Gasteiger partial charge < -0.3 is 10.8 Å². The van der Waals surface area contributed by atoms with Crippen LogP contribution in [0.1, 0.15) is 18.0 Å². The van der Waals surface area contributed by atoms with Crippen molar-refractivity contribution in [2.45, 2.75) is 25.1 Å². The lowest BCUT2D eigenvalue weighted by Gasteiger charge is -2.24. The first-order valence-electron chi connectivity index (χ1n) is 11.2. The minimum Gasteiger partial charge on any atom is -0.390 e. The van der Waals surface area contributed by atoms with E-state index in [0.29, 0.717) is 6.54 Å². The van der Waals surface area contributed by atoms with Crippen molar-refractivity contribution in [2.24, 2.45) is 11.6 Å². The number of aliphatic hydroxyl groups is 1. The molecule has 1 aromatic heterocycles. The van der Waals surface area contributed by atoms with Crippen molar-refractivity contribution >= 4 is 37.2 Å². The summed E-state index contributed by atoms with van der Waals surface area (Å²) in [4.78, 5) is 4.32. The highest BCUT2D eigenvalue weighted by molar-refractivity contribution is 5.86. The molecule has 2 aromatic carbocycles. The number of aromatic nitrogens is 1. The summed E-state index contributed by atoms with van der Waals surface area (Å²) in [6, 6.07) is 10.7. The number of pyridine rings is 1. The maximum atomic E-state index is 10.5. The molecular formula is C22H29Cl3N4O. The van der Waals surface area contributed by atoms with Crippen LogP contribution in [0.3, 0.4) is 0 Å². The molecule has 164 valence electrons. The summed E-state index contributed by atoms with van der Waals surface area (Å²) in [6.07, 6.45) is 0.620. The fraction of sp³-hybridized carbons (Fsp3) is 0.227. The van der Waals surface area contributed by atoms with E-state index >= 15 is 0 Å². The van der Waals surface area contributed by atoms with Crippen LogP contribution in [0.2, 0.25) is 0 Å². The van der Waals surface area contributed by atoms with E-state index < -0.39 is 30.3 Å². The van der Waals surface area contributed by atoms with Crippen molar-refractivity contribution < 1.29 is 12.0 Å². The third-order valence-electron chi connectivity index (χ3n) is 4.21. The molecule has 0 fully saturated rings. The third-order valence-corrected chi connectivity index (χ3v) is 4.21. The molecule has 5 nitrogen and oxygen atoms in total. The maximum absolute atomic E-state index is 10.5. The fourth-order valence-electron chi connectivity index (χ4n) is 2.74. The summed E-state index contributed by atoms with van der Waals surface area (Å²) in [7, 11) is 0. The highest BCUT2D eigenvalue weighted by atomic mass is 35.5. The Labute approximate surface area is 203 Å². The van der Waals surface area contributed by atoms with Gasteiger partial charge in [-0.1, -0.05) is 60.5 Å². The highest BCUT2D eigenvalue weighted by Crippen LogP contribution is 2.17. The Kier molecular flexibility index (Phi) is 9.66. The standard InChI is InChI=1S/C22H26N4O.3ClH/c23-20(14-17-6-2-1-3-7-17)22(27)16-26(24)15-18-9-11-19(12-10-18)21-8-4-5-13-25-21;;;/h1-13,20,22,27H,14-16,23-24H2;3*1H/t20-,22-;;;/m0.../s1/i1D,2D,3D,6D,7D;;;. The van der Waals surface area contributed by atoms with Gasteiger partial charge in [-0.2, -0.15) is 0 Å². The van der Waals surface area contributed by atoms with Crippen LogP contribution in [0, 0.1) is 0 Å². The molecule has 2 atom stereocenters. The molecule has 30 heavy (non-hydrogen) atoms. The number of hydrogen-bond donors (Lipinski definition) is 3. The summed E-state index contributed by atoms with van der Waals surface area (Å²) in [6.45, 7) is 0.433. The third kappa shape index (κ3) is 8.58. The molecule has 1 heterocycles. The molecule has 0 saturated heterocycles. The highest BCUT2D eigenvalue weighted by Gasteiger charge is 2.17. The summed E-state index contributed by atoms with van der Waals surface area (Å²) >= 11 is 0. The van der Waals surface area contributed by atoms with Crippen LogP contribution in [0.4, 0.5) is 0 Å². The van der Waals surface area contributed by atoms with Gasteiger partial charge >= 0.3 is 0 Å². The van der Waals surface area contributed by atoms with Gasteiger partial charge in [-0.25, -0.2) is 5.01 Å². The zero-order valence-electron chi connectivity index (χ0n) is 21.1. The van der Waals surface area contributed by atoms with Gasteiger partial charge in [-0.3, -0.25) is 10.8 Å². The number of hydrazine groups is 1. The number of rotatable bonds is 8. The Hall–Kier alpha value is -1.70. The first-order valence-corrected chi connectivity index (χ1v) is 8.68. The average molecular weight is 477 g/mol. The Balaban J connectivity index is 0.00000385. The SMILES string of the molecule is Cl.Cl.Cl.[2H]c1c([2H])c([2H])c(C[C@H](N)[C@@H](O)CN(N)Cc2ccc(-c3ccccn3)cc2)c([2H])c1[2H]. The second-order valence-electron chi connectivity index (χ2n) is 6.38. The van der Waals surface area contributed by atoms with Crippen LogP contribution in [0.25, 0.3) is 11.3 Å². The first kappa shape index (κ1) is 20.2. The molecule has 8 heteroatoms. The summed E-state index contributed by atoms with van der Waals surface area (Å²) in [5.41, 5.74) is 8.96. The van der Waals surface area contributed by atoms with Crippen molar-refractivity contribution in [3.63, 3.8) is 0 Å². The Bertz CT molecular complexity index is 1050. The van der Waals surface area contributed by atoms with Crippen LogP contribution in [0.5, 0.6) is 0 Å². The molecule has 0 radical (unpaired) electrons. The minimum absolute atomic E-state index is 0. The molecule has 0 amide bonds. The molecule has 5 N–H and O–H groups in total. The van der Waals surface area contributed by atoms with E-state index in [2.05, 4.69) is 4.98 Å². The number of nitrogens with two attached hydrogens (primary N) is 2. The summed E-state index contributed by atoms with van der Waals surface area (Å²) < 4.78 is 39.1. The monoisotopic (exact) mass is 475 g/mol. The number of halogens is 3. The Morgan fingerprint density at radius 2 is 1.63 bits per heavy atom. The van der Waals surface area contributed by atoms with Gasteiger partial charge in [0.15, 0.2) is 0 Å². The topological polar surface area (TPSA) is 88.4 Å². The maximum Gasteiger partial charge on any atom is 0.0835 e. The molecule has 0 bridgehead atoms. The van der Waals surface area contributed by atoms with E-state index in [4.69, 9.17) is 18.4 Å². The molecule has 3 rings (SSSR count). The normalized spacial score (nSPS) is 14.5. The predicted molar refractivity (Wildman–Crippen MR) is 130 cm³/mol. The Morgan fingerprint density at radius 3 is 2.23 bits per heavy atom. The van der Waals surface area contributed by atoms with Crippen LogP contribution in [0.15, 0.2) is 78.9 Å². The molecule has 0 aliphatic carbocycles. The van der Waals surface area contributed by atoms with Crippen LogP contribution < -0.4 is 11.6 Å². The summed E-state index contributed by atoms with van der Waals surface area (Å²) in [5.74, 6) is 6.06. The van der Waals surface area contributed by atoms with Gasteiger partial charge in [0.25, 0.3) is 0 Å². The van der Waals surface area contributed by atoms with E-state index in [1.54, 1.807) is 6.20 Å².